The van der Waals surface area contributed by atoms with Gasteiger partial charge >= 0.3 is 0 Å². The van der Waals surface area contributed by atoms with Crippen molar-refractivity contribution in [1.29, 1.82) is 0 Å². The zero-order chi connectivity index (χ0) is 17.6. The van der Waals surface area contributed by atoms with Crippen molar-refractivity contribution in [3.8, 4) is 17.0 Å². The van der Waals surface area contributed by atoms with Crippen LogP contribution in [-0.2, 0) is 13.6 Å². The van der Waals surface area contributed by atoms with Gasteiger partial charge < -0.3 is 10.1 Å². The van der Waals surface area contributed by atoms with Crippen molar-refractivity contribution in [2.75, 3.05) is 6.61 Å². The van der Waals surface area contributed by atoms with E-state index in [1.807, 2.05) is 32.3 Å². The fraction of sp³-hybridized carbons (Fsp3) is 0.211. The molecule has 0 unspecified atom stereocenters. The van der Waals surface area contributed by atoms with E-state index in [0.29, 0.717) is 18.7 Å². The van der Waals surface area contributed by atoms with E-state index < -0.39 is 0 Å². The van der Waals surface area contributed by atoms with Gasteiger partial charge in [0.2, 0.25) is 0 Å². The molecule has 0 aliphatic rings. The average molecular weight is 336 g/mol. The Bertz CT molecular complexity index is 839. The first-order chi connectivity index (χ1) is 12.2. The summed E-state index contributed by atoms with van der Waals surface area (Å²) in [7, 11) is 1.87. The molecule has 2 heterocycles. The van der Waals surface area contributed by atoms with Crippen LogP contribution in [0.4, 0.5) is 0 Å². The van der Waals surface area contributed by atoms with E-state index in [1.54, 1.807) is 41.3 Å². The predicted octanol–water partition coefficient (Wildman–Crippen LogP) is 2.81. The molecule has 1 aromatic carbocycles. The maximum atomic E-state index is 12.2. The van der Waals surface area contributed by atoms with Gasteiger partial charge in [-0.1, -0.05) is 6.07 Å². The summed E-state index contributed by atoms with van der Waals surface area (Å²) in [5.41, 5.74) is 3.36. The summed E-state index contributed by atoms with van der Waals surface area (Å²) in [5, 5.41) is 7.03. The van der Waals surface area contributed by atoms with Crippen LogP contribution in [0.25, 0.3) is 11.3 Å². The Morgan fingerprint density at radius 2 is 1.96 bits per heavy atom. The third kappa shape index (κ3) is 4.23. The second kappa shape index (κ2) is 7.61. The number of nitrogens with zero attached hydrogens (tertiary/aromatic N) is 3. The lowest BCUT2D eigenvalue weighted by Crippen LogP contribution is -2.22. The second-order valence-electron chi connectivity index (χ2n) is 5.59. The molecule has 0 radical (unpaired) electrons. The number of aromatic nitrogens is 3. The quantitative estimate of drug-likeness (QED) is 0.751. The van der Waals surface area contributed by atoms with Crippen LogP contribution in [0.1, 0.15) is 22.8 Å². The van der Waals surface area contributed by atoms with Gasteiger partial charge in [-0.3, -0.25) is 14.5 Å². The van der Waals surface area contributed by atoms with Crippen molar-refractivity contribution in [3.63, 3.8) is 0 Å². The number of nitrogens with one attached hydrogen (secondary N) is 1. The van der Waals surface area contributed by atoms with E-state index in [-0.39, 0.29) is 5.91 Å². The highest BCUT2D eigenvalue weighted by Gasteiger charge is 2.06. The van der Waals surface area contributed by atoms with Crippen LogP contribution in [0.3, 0.4) is 0 Å². The number of carbonyl (C=O) groups excluding carboxylic acids is 1. The van der Waals surface area contributed by atoms with Gasteiger partial charge in [0.05, 0.1) is 18.5 Å². The fourth-order valence-electron chi connectivity index (χ4n) is 2.41. The summed E-state index contributed by atoms with van der Waals surface area (Å²) in [5.74, 6) is 0.633. The summed E-state index contributed by atoms with van der Waals surface area (Å²) >= 11 is 0. The molecule has 128 valence electrons. The molecular formula is C19H20N4O2. The largest absolute Gasteiger partial charge is 0.494 e. The number of rotatable bonds is 6. The Hall–Kier alpha value is -3.15. The number of hydrogen-bond donors (Lipinski definition) is 1. The first-order valence-corrected chi connectivity index (χ1v) is 8.10. The number of carbonyl (C=O) groups is 1. The molecule has 0 aliphatic heterocycles. The predicted molar refractivity (Wildman–Crippen MR) is 95.2 cm³/mol. The standard InChI is InChI=1S/C19H20N4O2/c1-3-25-17-7-5-15(6-8-17)19(24)21-11-14-4-9-18(20-10-14)16-12-22-23(2)13-16/h4-10,12-13H,3,11H2,1-2H3,(H,21,24). The van der Waals surface area contributed by atoms with E-state index in [1.165, 1.54) is 0 Å². The smallest absolute Gasteiger partial charge is 0.251 e. The fourth-order valence-corrected chi connectivity index (χ4v) is 2.41. The first-order valence-electron chi connectivity index (χ1n) is 8.10. The molecule has 1 amide bonds. The van der Waals surface area contributed by atoms with Gasteiger partial charge in [-0.15, -0.1) is 0 Å². The lowest BCUT2D eigenvalue weighted by molar-refractivity contribution is 0.0951. The van der Waals surface area contributed by atoms with E-state index in [9.17, 15) is 4.79 Å². The van der Waals surface area contributed by atoms with E-state index in [0.717, 1.165) is 22.6 Å². The summed E-state index contributed by atoms with van der Waals surface area (Å²) in [6.07, 6.45) is 5.45. The maximum absolute atomic E-state index is 12.2. The molecule has 0 bridgehead atoms. The topological polar surface area (TPSA) is 69.0 Å². The maximum Gasteiger partial charge on any atom is 0.251 e. The second-order valence-corrected chi connectivity index (χ2v) is 5.59. The zero-order valence-corrected chi connectivity index (χ0v) is 14.3. The summed E-state index contributed by atoms with van der Waals surface area (Å²) < 4.78 is 7.11. The van der Waals surface area contributed by atoms with Crippen molar-refractivity contribution < 1.29 is 9.53 Å². The molecule has 0 saturated heterocycles. The van der Waals surface area contributed by atoms with Gasteiger partial charge in [-0.25, -0.2) is 0 Å². The summed E-state index contributed by atoms with van der Waals surface area (Å²) in [4.78, 5) is 16.6. The van der Waals surface area contributed by atoms with E-state index >= 15 is 0 Å². The van der Waals surface area contributed by atoms with Crippen LogP contribution in [0.5, 0.6) is 5.75 Å². The molecule has 6 nitrogen and oxygen atoms in total. The number of pyridine rings is 1. The van der Waals surface area contributed by atoms with Gasteiger partial charge in [0.1, 0.15) is 5.75 Å². The summed E-state index contributed by atoms with van der Waals surface area (Å²) in [6.45, 7) is 2.95. The Morgan fingerprint density at radius 1 is 1.16 bits per heavy atom. The number of amides is 1. The van der Waals surface area contributed by atoms with Crippen LogP contribution in [0.15, 0.2) is 55.0 Å². The van der Waals surface area contributed by atoms with Crippen molar-refractivity contribution in [2.24, 2.45) is 7.05 Å². The highest BCUT2D eigenvalue weighted by molar-refractivity contribution is 5.94. The van der Waals surface area contributed by atoms with Crippen molar-refractivity contribution in [3.05, 3.63) is 66.1 Å². The molecule has 0 aliphatic carbocycles. The molecule has 1 N–H and O–H groups in total. The molecule has 0 saturated carbocycles. The van der Waals surface area contributed by atoms with Gasteiger partial charge in [0.15, 0.2) is 0 Å². The van der Waals surface area contributed by atoms with Crippen LogP contribution >= 0.6 is 0 Å². The van der Waals surface area contributed by atoms with Crippen LogP contribution in [0.2, 0.25) is 0 Å². The molecule has 2 aromatic heterocycles. The Labute approximate surface area is 146 Å². The van der Waals surface area contributed by atoms with E-state index in [4.69, 9.17) is 4.74 Å². The first kappa shape index (κ1) is 16.7. The summed E-state index contributed by atoms with van der Waals surface area (Å²) in [6, 6.07) is 11.0. The molecule has 25 heavy (non-hydrogen) atoms. The van der Waals surface area contributed by atoms with Crippen LogP contribution in [-0.4, -0.2) is 27.3 Å². The molecule has 6 heteroatoms. The minimum Gasteiger partial charge on any atom is -0.494 e. The molecule has 0 fully saturated rings. The van der Waals surface area contributed by atoms with Gasteiger partial charge in [-0.2, -0.15) is 5.10 Å². The molecule has 0 atom stereocenters. The Morgan fingerprint density at radius 3 is 2.56 bits per heavy atom. The molecule has 0 spiro atoms. The van der Waals surface area contributed by atoms with Crippen molar-refractivity contribution in [2.45, 2.75) is 13.5 Å². The Kier molecular flexibility index (Phi) is 5.09. The molecule has 3 rings (SSSR count). The van der Waals surface area contributed by atoms with Crippen molar-refractivity contribution in [1.82, 2.24) is 20.1 Å². The number of hydrogen-bond acceptors (Lipinski definition) is 4. The average Bonchev–Trinajstić information content (AvgIpc) is 3.07. The van der Waals surface area contributed by atoms with Crippen LogP contribution in [0, 0.1) is 0 Å². The zero-order valence-electron chi connectivity index (χ0n) is 14.3. The number of ether oxygens (including phenoxy) is 1. The van der Waals surface area contributed by atoms with E-state index in [2.05, 4.69) is 15.4 Å². The van der Waals surface area contributed by atoms with Gasteiger partial charge in [0, 0.05) is 37.1 Å². The van der Waals surface area contributed by atoms with Crippen LogP contribution < -0.4 is 10.1 Å². The van der Waals surface area contributed by atoms with Gasteiger partial charge in [0.25, 0.3) is 5.91 Å². The monoisotopic (exact) mass is 336 g/mol. The third-order valence-electron chi connectivity index (χ3n) is 3.71. The molecule has 3 aromatic rings. The lowest BCUT2D eigenvalue weighted by Gasteiger charge is -2.07. The number of aryl methyl sites for hydroxylation is 1. The lowest BCUT2D eigenvalue weighted by atomic mass is 10.2. The molecular weight excluding hydrogens is 316 g/mol. The van der Waals surface area contributed by atoms with Crippen molar-refractivity contribution >= 4 is 5.91 Å². The normalized spacial score (nSPS) is 10.5. The highest BCUT2D eigenvalue weighted by atomic mass is 16.5. The van der Waals surface area contributed by atoms with Gasteiger partial charge in [-0.05, 0) is 42.8 Å². The highest BCUT2D eigenvalue weighted by Crippen LogP contribution is 2.16. The third-order valence-corrected chi connectivity index (χ3v) is 3.71. The Balaban J connectivity index is 1.58. The number of benzene rings is 1. The minimum absolute atomic E-state index is 0.126. The minimum atomic E-state index is -0.126. The SMILES string of the molecule is CCOc1ccc(C(=O)NCc2ccc(-c3cnn(C)c3)nc2)cc1.